The Labute approximate surface area is 135 Å². The standard InChI is InChI=1S/C13H6Br2N2O4/c14-10-5-8(6-11(15)12(10)18)16-13(19)7-1-3-9(4-2-7)17(20)21/h1-6H. The molecule has 1 aliphatic rings. The summed E-state index contributed by atoms with van der Waals surface area (Å²) in [4.78, 5) is 37.3. The molecule has 0 heterocycles. The number of aliphatic imine (C=N–C) groups is 1. The first kappa shape index (κ1) is 15.5. The van der Waals surface area contributed by atoms with Gasteiger partial charge in [0.25, 0.3) is 11.6 Å². The van der Waals surface area contributed by atoms with Crippen LogP contribution in [0.2, 0.25) is 0 Å². The number of nitro benzene ring substituents is 1. The lowest BCUT2D eigenvalue weighted by Crippen LogP contribution is -2.09. The molecule has 106 valence electrons. The Bertz CT molecular complexity index is 709. The van der Waals surface area contributed by atoms with Crippen molar-refractivity contribution in [1.82, 2.24) is 0 Å². The summed E-state index contributed by atoms with van der Waals surface area (Å²) in [6.07, 6.45) is 2.85. The van der Waals surface area contributed by atoms with Gasteiger partial charge in [-0.3, -0.25) is 19.7 Å². The maximum absolute atomic E-state index is 12.0. The van der Waals surface area contributed by atoms with E-state index in [1.807, 2.05) is 0 Å². The number of rotatable bonds is 2. The fourth-order valence-electron chi connectivity index (χ4n) is 1.52. The molecule has 0 N–H and O–H groups in total. The van der Waals surface area contributed by atoms with Gasteiger partial charge in [0.05, 0.1) is 19.6 Å². The number of carbonyl (C=O) groups excluding carboxylic acids is 2. The number of amides is 1. The lowest BCUT2D eigenvalue weighted by Gasteiger charge is -2.05. The molecule has 0 spiro atoms. The summed E-state index contributed by atoms with van der Waals surface area (Å²) in [6.45, 7) is 0. The van der Waals surface area contributed by atoms with Gasteiger partial charge in [0.15, 0.2) is 0 Å². The van der Waals surface area contributed by atoms with E-state index >= 15 is 0 Å². The fraction of sp³-hybridized carbons (Fsp3) is 0. The van der Waals surface area contributed by atoms with Gasteiger partial charge < -0.3 is 0 Å². The number of benzene rings is 1. The van der Waals surface area contributed by atoms with Gasteiger partial charge in [-0.25, -0.2) is 4.99 Å². The van der Waals surface area contributed by atoms with E-state index in [9.17, 15) is 19.7 Å². The van der Waals surface area contributed by atoms with Crippen molar-refractivity contribution in [2.24, 2.45) is 4.99 Å². The van der Waals surface area contributed by atoms with Gasteiger partial charge in [0.2, 0.25) is 5.78 Å². The number of non-ortho nitro benzene ring substituents is 1. The van der Waals surface area contributed by atoms with E-state index in [2.05, 4.69) is 36.9 Å². The summed E-state index contributed by atoms with van der Waals surface area (Å²) >= 11 is 6.16. The third kappa shape index (κ3) is 3.59. The van der Waals surface area contributed by atoms with Crippen LogP contribution in [0.3, 0.4) is 0 Å². The van der Waals surface area contributed by atoms with Gasteiger partial charge in [0.1, 0.15) is 0 Å². The van der Waals surface area contributed by atoms with Crippen LogP contribution in [-0.4, -0.2) is 22.3 Å². The number of hydrogen-bond donors (Lipinski definition) is 0. The number of ketones is 1. The highest BCUT2D eigenvalue weighted by atomic mass is 79.9. The highest BCUT2D eigenvalue weighted by molar-refractivity contribution is 9.13. The molecular weight excluding hydrogens is 408 g/mol. The Kier molecular flexibility index (Phi) is 4.59. The van der Waals surface area contributed by atoms with Crippen LogP contribution >= 0.6 is 31.9 Å². The largest absolute Gasteiger partial charge is 0.287 e. The maximum atomic E-state index is 12.0. The molecule has 0 aromatic heterocycles. The second-order valence-corrected chi connectivity index (χ2v) is 5.67. The summed E-state index contributed by atoms with van der Waals surface area (Å²) in [6, 6.07) is 5.12. The first-order chi connectivity index (χ1) is 9.88. The predicted octanol–water partition coefficient (Wildman–Crippen LogP) is 3.32. The van der Waals surface area contributed by atoms with Gasteiger partial charge in [-0.2, -0.15) is 0 Å². The Hall–Kier alpha value is -1.93. The van der Waals surface area contributed by atoms with Crippen molar-refractivity contribution in [2.45, 2.75) is 0 Å². The van der Waals surface area contributed by atoms with E-state index in [1.54, 1.807) is 0 Å². The second-order valence-electron chi connectivity index (χ2n) is 3.96. The van der Waals surface area contributed by atoms with Crippen LogP contribution in [0.25, 0.3) is 0 Å². The highest BCUT2D eigenvalue weighted by Gasteiger charge is 2.17. The lowest BCUT2D eigenvalue weighted by atomic mass is 10.1. The summed E-state index contributed by atoms with van der Waals surface area (Å²) in [5.74, 6) is -0.793. The molecule has 2 rings (SSSR count). The van der Waals surface area contributed by atoms with Gasteiger partial charge in [0, 0.05) is 17.7 Å². The van der Waals surface area contributed by atoms with Crippen molar-refractivity contribution in [1.29, 1.82) is 0 Å². The Morgan fingerprint density at radius 1 is 1.10 bits per heavy atom. The van der Waals surface area contributed by atoms with Crippen LogP contribution in [-0.2, 0) is 4.79 Å². The molecule has 0 aliphatic heterocycles. The third-order valence-corrected chi connectivity index (χ3v) is 3.72. The number of hydrogen-bond acceptors (Lipinski definition) is 4. The Morgan fingerprint density at radius 3 is 2.10 bits per heavy atom. The molecule has 0 bridgehead atoms. The molecule has 0 atom stereocenters. The van der Waals surface area contributed by atoms with Crippen LogP contribution in [0.15, 0.2) is 50.4 Å². The molecule has 0 saturated heterocycles. The molecule has 1 amide bonds. The monoisotopic (exact) mass is 412 g/mol. The van der Waals surface area contributed by atoms with Crippen LogP contribution in [0.1, 0.15) is 10.4 Å². The van der Waals surface area contributed by atoms with Crippen molar-refractivity contribution >= 4 is 54.9 Å². The summed E-state index contributed by atoms with van der Waals surface area (Å²) in [5, 5.41) is 10.5. The second kappa shape index (κ2) is 6.23. The Morgan fingerprint density at radius 2 is 1.62 bits per heavy atom. The van der Waals surface area contributed by atoms with Crippen molar-refractivity contribution in [3.63, 3.8) is 0 Å². The number of nitrogens with zero attached hydrogens (tertiary/aromatic N) is 2. The summed E-state index contributed by atoms with van der Waals surface area (Å²) < 4.78 is 0.569. The van der Waals surface area contributed by atoms with E-state index < -0.39 is 10.8 Å². The zero-order chi connectivity index (χ0) is 15.6. The number of carbonyl (C=O) groups is 2. The van der Waals surface area contributed by atoms with Crippen LogP contribution in [0.4, 0.5) is 5.69 Å². The quantitative estimate of drug-likeness (QED) is 0.422. The van der Waals surface area contributed by atoms with Crippen molar-refractivity contribution in [3.8, 4) is 0 Å². The molecule has 0 fully saturated rings. The molecule has 1 aliphatic carbocycles. The molecule has 21 heavy (non-hydrogen) atoms. The van der Waals surface area contributed by atoms with Gasteiger partial charge >= 0.3 is 0 Å². The fourth-order valence-corrected chi connectivity index (χ4v) is 2.68. The minimum atomic E-state index is -0.553. The smallest absolute Gasteiger partial charge is 0.277 e. The summed E-state index contributed by atoms with van der Waals surface area (Å²) in [7, 11) is 0. The SMILES string of the molecule is O=C1C(Br)=CC(=NC(=O)c2ccc([N+](=O)[O-])cc2)C=C1Br. The van der Waals surface area contributed by atoms with Crippen molar-refractivity contribution in [3.05, 3.63) is 61.1 Å². The van der Waals surface area contributed by atoms with E-state index in [4.69, 9.17) is 0 Å². The third-order valence-electron chi connectivity index (χ3n) is 2.54. The van der Waals surface area contributed by atoms with Crippen molar-refractivity contribution in [2.75, 3.05) is 0 Å². The lowest BCUT2D eigenvalue weighted by molar-refractivity contribution is -0.384. The average Bonchev–Trinajstić information content (AvgIpc) is 2.44. The van der Waals surface area contributed by atoms with Gasteiger partial charge in [-0.05, 0) is 56.1 Å². The number of halogens is 2. The number of allylic oxidation sites excluding steroid dienone is 4. The minimum absolute atomic E-state index is 0.104. The molecular formula is C13H6Br2N2O4. The first-order valence-electron chi connectivity index (χ1n) is 5.55. The van der Waals surface area contributed by atoms with Crippen molar-refractivity contribution < 1.29 is 14.5 Å². The zero-order valence-corrected chi connectivity index (χ0v) is 13.4. The maximum Gasteiger partial charge on any atom is 0.277 e. The molecule has 1 aromatic carbocycles. The molecule has 0 saturated carbocycles. The summed E-state index contributed by atoms with van der Waals surface area (Å²) in [5.41, 5.74) is 0.420. The van der Waals surface area contributed by atoms with Crippen LogP contribution in [0.5, 0.6) is 0 Å². The molecule has 0 radical (unpaired) electrons. The van der Waals surface area contributed by atoms with Crippen LogP contribution < -0.4 is 0 Å². The molecule has 0 unspecified atom stereocenters. The Balaban J connectivity index is 2.27. The highest BCUT2D eigenvalue weighted by Crippen LogP contribution is 2.22. The number of Topliss-reactive ketones (excluding diaryl/α,β-unsaturated/α-hetero) is 1. The van der Waals surface area contributed by atoms with Gasteiger partial charge in [-0.1, -0.05) is 0 Å². The van der Waals surface area contributed by atoms with E-state index in [-0.39, 0.29) is 26.0 Å². The zero-order valence-electron chi connectivity index (χ0n) is 10.2. The predicted molar refractivity (Wildman–Crippen MR) is 83.9 cm³/mol. The van der Waals surface area contributed by atoms with E-state index in [0.29, 0.717) is 5.71 Å². The first-order valence-corrected chi connectivity index (χ1v) is 7.13. The minimum Gasteiger partial charge on any atom is -0.287 e. The molecule has 8 heteroatoms. The molecule has 1 aromatic rings. The average molecular weight is 414 g/mol. The van der Waals surface area contributed by atoms with E-state index in [0.717, 1.165) is 0 Å². The van der Waals surface area contributed by atoms with Crippen LogP contribution in [0, 0.1) is 10.1 Å². The number of nitro groups is 1. The van der Waals surface area contributed by atoms with Gasteiger partial charge in [-0.15, -0.1) is 0 Å². The normalized spacial score (nSPS) is 14.4. The topological polar surface area (TPSA) is 89.6 Å². The molecule has 6 nitrogen and oxygen atoms in total. The van der Waals surface area contributed by atoms with E-state index in [1.165, 1.54) is 36.4 Å².